The summed E-state index contributed by atoms with van der Waals surface area (Å²) in [6.45, 7) is 2.56. The summed E-state index contributed by atoms with van der Waals surface area (Å²) < 4.78 is 43.7. The highest BCUT2D eigenvalue weighted by atomic mass is 19.4. The van der Waals surface area contributed by atoms with E-state index in [2.05, 4.69) is 6.08 Å². The number of benzene rings is 1. The van der Waals surface area contributed by atoms with E-state index in [0.717, 1.165) is 37.3 Å². The molecule has 1 aliphatic heterocycles. The lowest BCUT2D eigenvalue weighted by molar-refractivity contribution is -0.137. The van der Waals surface area contributed by atoms with Gasteiger partial charge in [0.15, 0.2) is 0 Å². The van der Waals surface area contributed by atoms with Crippen LogP contribution in [0.1, 0.15) is 43.7 Å². The maximum absolute atomic E-state index is 12.7. The van der Waals surface area contributed by atoms with Crippen LogP contribution in [0, 0.1) is 0 Å². The van der Waals surface area contributed by atoms with Gasteiger partial charge in [-0.1, -0.05) is 17.7 Å². The zero-order chi connectivity index (χ0) is 14.4. The fraction of sp³-hybridized carbons (Fsp3) is 0.500. The minimum atomic E-state index is -4.31. The van der Waals surface area contributed by atoms with Crippen LogP contribution in [0.15, 0.2) is 29.8 Å². The van der Waals surface area contributed by atoms with Crippen molar-refractivity contribution in [3.63, 3.8) is 0 Å². The van der Waals surface area contributed by atoms with E-state index in [4.69, 9.17) is 4.74 Å². The predicted octanol–water partition coefficient (Wildman–Crippen LogP) is 4.86. The van der Waals surface area contributed by atoms with Crippen molar-refractivity contribution in [1.29, 1.82) is 0 Å². The van der Waals surface area contributed by atoms with Crippen molar-refractivity contribution in [2.24, 2.45) is 0 Å². The number of fused-ring (bicyclic) bond motifs is 2. The Morgan fingerprint density at radius 3 is 2.50 bits per heavy atom. The smallest absolute Gasteiger partial charge is 0.416 e. The maximum atomic E-state index is 12.7. The van der Waals surface area contributed by atoms with Gasteiger partial charge in [0, 0.05) is 11.0 Å². The highest BCUT2D eigenvalue weighted by molar-refractivity contribution is 5.47. The Morgan fingerprint density at radius 2 is 1.90 bits per heavy atom. The zero-order valence-electron chi connectivity index (χ0n) is 11.4. The molecule has 20 heavy (non-hydrogen) atoms. The van der Waals surface area contributed by atoms with Crippen molar-refractivity contribution in [2.45, 2.75) is 44.2 Å². The normalized spacial score (nSPS) is 25.5. The van der Waals surface area contributed by atoms with Gasteiger partial charge in [-0.15, -0.1) is 0 Å². The molecule has 1 aromatic carbocycles. The lowest BCUT2D eigenvalue weighted by Gasteiger charge is -2.33. The molecule has 1 aromatic rings. The van der Waals surface area contributed by atoms with E-state index in [1.165, 1.54) is 11.6 Å². The molecule has 1 saturated carbocycles. The summed E-state index contributed by atoms with van der Waals surface area (Å²) in [5.74, 6) is 0.420. The summed E-state index contributed by atoms with van der Waals surface area (Å²) in [5.41, 5.74) is 1.70. The third-order valence-corrected chi connectivity index (χ3v) is 4.64. The molecule has 1 heterocycles. The lowest BCUT2D eigenvalue weighted by atomic mass is 9.69. The van der Waals surface area contributed by atoms with E-state index in [0.29, 0.717) is 12.4 Å². The van der Waals surface area contributed by atoms with E-state index >= 15 is 0 Å². The summed E-state index contributed by atoms with van der Waals surface area (Å²) in [5, 5.41) is 0. The van der Waals surface area contributed by atoms with Crippen LogP contribution in [0.3, 0.4) is 0 Å². The van der Waals surface area contributed by atoms with Gasteiger partial charge in [0.05, 0.1) is 12.2 Å². The lowest BCUT2D eigenvalue weighted by Crippen LogP contribution is -2.31. The molecule has 1 fully saturated rings. The topological polar surface area (TPSA) is 9.23 Å². The summed E-state index contributed by atoms with van der Waals surface area (Å²) in [7, 11) is 0. The number of rotatable bonds is 0. The fourth-order valence-corrected chi connectivity index (χ4v) is 3.30. The molecule has 0 amide bonds. The predicted molar refractivity (Wildman–Crippen MR) is 70.8 cm³/mol. The van der Waals surface area contributed by atoms with Gasteiger partial charge in [-0.3, -0.25) is 0 Å². The fourth-order valence-electron chi connectivity index (χ4n) is 3.30. The Kier molecular flexibility index (Phi) is 3.07. The van der Waals surface area contributed by atoms with E-state index in [9.17, 15) is 13.2 Å². The van der Waals surface area contributed by atoms with Crippen molar-refractivity contribution in [2.75, 3.05) is 6.61 Å². The standard InChI is InChI=1S/C16H17F3O/c1-2-11-5-7-15(8-6-11)10-20-14-9-12(16(17,18)19)3-4-13(14)15/h2-4,9H,5-8,10H2,1H3. The minimum Gasteiger partial charge on any atom is -0.492 e. The van der Waals surface area contributed by atoms with Gasteiger partial charge in [-0.05, 0) is 44.7 Å². The molecule has 108 valence electrons. The maximum Gasteiger partial charge on any atom is 0.416 e. The first kappa shape index (κ1) is 13.5. The Labute approximate surface area is 116 Å². The van der Waals surface area contributed by atoms with Crippen LogP contribution in [-0.2, 0) is 11.6 Å². The molecule has 0 bridgehead atoms. The van der Waals surface area contributed by atoms with Gasteiger partial charge < -0.3 is 4.74 Å². The Bertz CT molecular complexity index is 547. The van der Waals surface area contributed by atoms with Gasteiger partial charge in [0.1, 0.15) is 5.75 Å². The molecule has 2 aliphatic rings. The highest BCUT2D eigenvalue weighted by Crippen LogP contribution is 2.50. The van der Waals surface area contributed by atoms with E-state index in [1.807, 2.05) is 6.92 Å². The van der Waals surface area contributed by atoms with Crippen molar-refractivity contribution in [1.82, 2.24) is 0 Å². The van der Waals surface area contributed by atoms with Gasteiger partial charge in [0.25, 0.3) is 0 Å². The van der Waals surface area contributed by atoms with Gasteiger partial charge >= 0.3 is 6.18 Å². The van der Waals surface area contributed by atoms with E-state index < -0.39 is 11.7 Å². The first-order chi connectivity index (χ1) is 9.44. The first-order valence-electron chi connectivity index (χ1n) is 6.93. The third kappa shape index (κ3) is 2.11. The third-order valence-electron chi connectivity index (χ3n) is 4.64. The molecule has 1 nitrogen and oxygen atoms in total. The number of allylic oxidation sites excluding steroid dienone is 2. The average molecular weight is 282 g/mol. The Morgan fingerprint density at radius 1 is 1.20 bits per heavy atom. The van der Waals surface area contributed by atoms with Gasteiger partial charge in [-0.25, -0.2) is 0 Å². The van der Waals surface area contributed by atoms with Crippen LogP contribution in [0.25, 0.3) is 0 Å². The first-order valence-corrected chi connectivity index (χ1v) is 6.93. The molecule has 3 rings (SSSR count). The summed E-state index contributed by atoms with van der Waals surface area (Å²) in [6.07, 6.45) is 1.80. The molecule has 0 saturated heterocycles. The second kappa shape index (κ2) is 4.54. The van der Waals surface area contributed by atoms with Crippen molar-refractivity contribution < 1.29 is 17.9 Å². The number of halogens is 3. The molecule has 0 aromatic heterocycles. The van der Waals surface area contributed by atoms with Gasteiger partial charge in [-0.2, -0.15) is 13.2 Å². The summed E-state index contributed by atoms with van der Waals surface area (Å²) >= 11 is 0. The number of hydrogen-bond donors (Lipinski definition) is 0. The Balaban J connectivity index is 1.92. The SMILES string of the molecule is CC=C1CCC2(CC1)COc1cc(C(F)(F)F)ccc12. The second-order valence-corrected chi connectivity index (χ2v) is 5.72. The largest absolute Gasteiger partial charge is 0.492 e. The van der Waals surface area contributed by atoms with Crippen LogP contribution >= 0.6 is 0 Å². The molecule has 1 aliphatic carbocycles. The van der Waals surface area contributed by atoms with Crippen LogP contribution in [-0.4, -0.2) is 6.61 Å². The minimum absolute atomic E-state index is 0.0774. The quantitative estimate of drug-likeness (QED) is 0.618. The van der Waals surface area contributed by atoms with Crippen LogP contribution in [0.5, 0.6) is 5.75 Å². The number of alkyl halides is 3. The van der Waals surface area contributed by atoms with E-state index in [1.54, 1.807) is 6.07 Å². The van der Waals surface area contributed by atoms with Crippen LogP contribution < -0.4 is 4.74 Å². The van der Waals surface area contributed by atoms with Crippen LogP contribution in [0.2, 0.25) is 0 Å². The molecule has 0 atom stereocenters. The zero-order valence-corrected chi connectivity index (χ0v) is 11.4. The summed E-state index contributed by atoms with van der Waals surface area (Å²) in [6, 6.07) is 3.95. The molecule has 4 heteroatoms. The highest BCUT2D eigenvalue weighted by Gasteiger charge is 2.43. The Hall–Kier alpha value is -1.45. The van der Waals surface area contributed by atoms with Crippen molar-refractivity contribution in [3.8, 4) is 5.75 Å². The molecule has 0 radical (unpaired) electrons. The molecule has 0 N–H and O–H groups in total. The average Bonchev–Trinajstić information content (AvgIpc) is 2.77. The molecular weight excluding hydrogens is 265 g/mol. The van der Waals surface area contributed by atoms with Crippen molar-refractivity contribution >= 4 is 0 Å². The van der Waals surface area contributed by atoms with Crippen LogP contribution in [0.4, 0.5) is 13.2 Å². The second-order valence-electron chi connectivity index (χ2n) is 5.72. The number of hydrogen-bond acceptors (Lipinski definition) is 1. The number of ether oxygens (including phenoxy) is 1. The van der Waals surface area contributed by atoms with E-state index in [-0.39, 0.29) is 5.41 Å². The monoisotopic (exact) mass is 282 g/mol. The van der Waals surface area contributed by atoms with Crippen molar-refractivity contribution in [3.05, 3.63) is 41.0 Å². The molecular formula is C16H17F3O. The summed E-state index contributed by atoms with van der Waals surface area (Å²) in [4.78, 5) is 0. The van der Waals surface area contributed by atoms with Gasteiger partial charge in [0.2, 0.25) is 0 Å². The molecule has 0 unspecified atom stereocenters. The molecule has 1 spiro atoms.